The number of rotatable bonds is 7. The van der Waals surface area contributed by atoms with Crippen LogP contribution >= 0.6 is 0 Å². The zero-order valence-corrected chi connectivity index (χ0v) is 13.2. The fourth-order valence-corrected chi connectivity index (χ4v) is 2.82. The number of sulfonamides is 1. The average molecular weight is 300 g/mol. The molecule has 1 aliphatic rings. The van der Waals surface area contributed by atoms with Gasteiger partial charge in [-0.25, -0.2) is 13.1 Å². The predicted octanol–water partition coefficient (Wildman–Crippen LogP) is 2.25. The summed E-state index contributed by atoms with van der Waals surface area (Å²) in [4.78, 5) is 0. The third-order valence-corrected chi connectivity index (χ3v) is 4.57. The molecule has 1 heterocycles. The van der Waals surface area contributed by atoms with Crippen molar-refractivity contribution in [2.75, 3.05) is 6.54 Å². The van der Waals surface area contributed by atoms with Gasteiger partial charge in [0, 0.05) is 12.1 Å². The largest absolute Gasteiger partial charge is 0.447 e. The molecule has 0 saturated heterocycles. The molecular weight excluding hydrogens is 276 g/mol. The van der Waals surface area contributed by atoms with Crippen molar-refractivity contribution in [3.8, 4) is 0 Å². The minimum atomic E-state index is -3.51. The van der Waals surface area contributed by atoms with Crippen LogP contribution in [0.5, 0.6) is 0 Å². The van der Waals surface area contributed by atoms with Crippen molar-refractivity contribution in [1.82, 2.24) is 10.0 Å². The minimum absolute atomic E-state index is 0.000920. The first-order valence-electron chi connectivity index (χ1n) is 7.10. The van der Waals surface area contributed by atoms with E-state index in [1.54, 1.807) is 6.07 Å². The van der Waals surface area contributed by atoms with Crippen molar-refractivity contribution < 1.29 is 12.8 Å². The fourth-order valence-electron chi connectivity index (χ4n) is 1.83. The Morgan fingerprint density at radius 1 is 1.30 bits per heavy atom. The molecule has 0 aliphatic heterocycles. The SMILES string of the molecule is CC(C)(C)NCc1ccc(S(=O)(=O)NCCC2CC2)o1. The van der Waals surface area contributed by atoms with Gasteiger partial charge in [-0.1, -0.05) is 12.8 Å². The van der Waals surface area contributed by atoms with Gasteiger partial charge in [-0.15, -0.1) is 0 Å². The molecule has 1 aromatic rings. The van der Waals surface area contributed by atoms with Crippen molar-refractivity contribution in [2.45, 2.75) is 57.2 Å². The van der Waals surface area contributed by atoms with Gasteiger partial charge in [-0.2, -0.15) is 0 Å². The van der Waals surface area contributed by atoms with Crippen molar-refractivity contribution in [1.29, 1.82) is 0 Å². The Hall–Kier alpha value is -0.850. The second-order valence-electron chi connectivity index (χ2n) is 6.45. The highest BCUT2D eigenvalue weighted by Crippen LogP contribution is 2.31. The van der Waals surface area contributed by atoms with Gasteiger partial charge in [0.05, 0.1) is 6.54 Å². The third kappa shape index (κ3) is 4.92. The summed E-state index contributed by atoms with van der Waals surface area (Å²) >= 11 is 0. The lowest BCUT2D eigenvalue weighted by atomic mass is 10.1. The molecule has 1 fully saturated rings. The van der Waals surface area contributed by atoms with Gasteiger partial charge in [0.1, 0.15) is 5.76 Å². The molecule has 2 N–H and O–H groups in total. The Kier molecular flexibility index (Phi) is 4.56. The van der Waals surface area contributed by atoms with Gasteiger partial charge in [0.2, 0.25) is 5.09 Å². The number of hydrogen-bond acceptors (Lipinski definition) is 4. The lowest BCUT2D eigenvalue weighted by Gasteiger charge is -2.19. The molecule has 1 aliphatic carbocycles. The Bertz CT molecular complexity index is 539. The summed E-state index contributed by atoms with van der Waals surface area (Å²) in [7, 11) is -3.51. The lowest BCUT2D eigenvalue weighted by Crippen LogP contribution is -2.34. The molecule has 6 heteroatoms. The molecule has 20 heavy (non-hydrogen) atoms. The van der Waals surface area contributed by atoms with E-state index < -0.39 is 10.0 Å². The van der Waals surface area contributed by atoms with E-state index in [-0.39, 0.29) is 10.6 Å². The van der Waals surface area contributed by atoms with Crippen LogP contribution in [-0.2, 0) is 16.6 Å². The first-order valence-corrected chi connectivity index (χ1v) is 8.58. The van der Waals surface area contributed by atoms with E-state index in [1.807, 2.05) is 20.8 Å². The monoisotopic (exact) mass is 300 g/mol. The van der Waals surface area contributed by atoms with E-state index in [0.717, 1.165) is 6.42 Å². The Balaban J connectivity index is 1.88. The van der Waals surface area contributed by atoms with Crippen molar-refractivity contribution >= 4 is 10.0 Å². The van der Waals surface area contributed by atoms with E-state index in [2.05, 4.69) is 10.0 Å². The number of nitrogens with one attached hydrogen (secondary N) is 2. The van der Waals surface area contributed by atoms with Gasteiger partial charge in [-0.3, -0.25) is 0 Å². The maximum atomic E-state index is 12.0. The van der Waals surface area contributed by atoms with Crippen molar-refractivity contribution in [2.24, 2.45) is 5.92 Å². The average Bonchev–Trinajstić information content (AvgIpc) is 3.01. The fraction of sp³-hybridized carbons (Fsp3) is 0.714. The molecule has 114 valence electrons. The molecule has 1 aromatic heterocycles. The molecule has 0 unspecified atom stereocenters. The quantitative estimate of drug-likeness (QED) is 0.810. The van der Waals surface area contributed by atoms with Gasteiger partial charge in [-0.05, 0) is 45.2 Å². The zero-order chi connectivity index (χ0) is 14.8. The lowest BCUT2D eigenvalue weighted by molar-refractivity contribution is 0.359. The van der Waals surface area contributed by atoms with Crippen LogP contribution in [0.2, 0.25) is 0 Å². The predicted molar refractivity (Wildman–Crippen MR) is 77.8 cm³/mol. The normalized spacial score (nSPS) is 16.6. The van der Waals surface area contributed by atoms with Crippen molar-refractivity contribution in [3.63, 3.8) is 0 Å². The Morgan fingerprint density at radius 2 is 2.00 bits per heavy atom. The van der Waals surface area contributed by atoms with Crippen LogP contribution in [0.15, 0.2) is 21.6 Å². The molecule has 2 rings (SSSR count). The first-order chi connectivity index (χ1) is 9.26. The molecule has 5 nitrogen and oxygen atoms in total. The van der Waals surface area contributed by atoms with Gasteiger partial charge in [0.25, 0.3) is 10.0 Å². The van der Waals surface area contributed by atoms with Gasteiger partial charge in [0.15, 0.2) is 0 Å². The number of hydrogen-bond donors (Lipinski definition) is 2. The minimum Gasteiger partial charge on any atom is -0.447 e. The van der Waals surface area contributed by atoms with E-state index in [4.69, 9.17) is 4.42 Å². The summed E-state index contributed by atoms with van der Waals surface area (Å²) in [6.07, 6.45) is 3.37. The van der Waals surface area contributed by atoms with Crippen LogP contribution in [-0.4, -0.2) is 20.5 Å². The number of furan rings is 1. The maximum absolute atomic E-state index is 12.0. The summed E-state index contributed by atoms with van der Waals surface area (Å²) < 4.78 is 32.0. The van der Waals surface area contributed by atoms with Crippen LogP contribution in [0.3, 0.4) is 0 Å². The van der Waals surface area contributed by atoms with E-state index in [0.29, 0.717) is 24.8 Å². The third-order valence-electron chi connectivity index (χ3n) is 3.24. The van der Waals surface area contributed by atoms with E-state index >= 15 is 0 Å². The van der Waals surface area contributed by atoms with Crippen LogP contribution < -0.4 is 10.0 Å². The highest BCUT2D eigenvalue weighted by molar-refractivity contribution is 7.89. The van der Waals surface area contributed by atoms with Crippen LogP contribution in [0.25, 0.3) is 0 Å². The van der Waals surface area contributed by atoms with Gasteiger partial charge < -0.3 is 9.73 Å². The van der Waals surface area contributed by atoms with Crippen LogP contribution in [0.4, 0.5) is 0 Å². The summed E-state index contributed by atoms with van der Waals surface area (Å²) in [5.41, 5.74) is -0.0334. The summed E-state index contributed by atoms with van der Waals surface area (Å²) in [6, 6.07) is 3.22. The molecule has 1 saturated carbocycles. The molecular formula is C14H24N2O3S. The highest BCUT2D eigenvalue weighted by atomic mass is 32.2. The standard InChI is InChI=1S/C14H24N2O3S/c1-14(2,3)15-10-12-6-7-13(19-12)20(17,18)16-9-8-11-4-5-11/h6-7,11,15-16H,4-5,8-10H2,1-3H3. The second-order valence-corrected chi connectivity index (χ2v) is 8.15. The second kappa shape index (κ2) is 5.87. The zero-order valence-electron chi connectivity index (χ0n) is 12.4. The summed E-state index contributed by atoms with van der Waals surface area (Å²) in [5, 5.41) is 3.26. The van der Waals surface area contributed by atoms with Gasteiger partial charge >= 0.3 is 0 Å². The molecule has 0 bridgehead atoms. The van der Waals surface area contributed by atoms with Crippen LogP contribution in [0.1, 0.15) is 45.8 Å². The highest BCUT2D eigenvalue weighted by Gasteiger charge is 2.23. The molecule has 0 spiro atoms. The molecule has 0 atom stereocenters. The van der Waals surface area contributed by atoms with E-state index in [9.17, 15) is 8.42 Å². The first kappa shape index (κ1) is 15.5. The van der Waals surface area contributed by atoms with Crippen LogP contribution in [0, 0.1) is 5.92 Å². The summed E-state index contributed by atoms with van der Waals surface area (Å²) in [5.74, 6) is 1.34. The van der Waals surface area contributed by atoms with Crippen molar-refractivity contribution in [3.05, 3.63) is 17.9 Å². The molecule has 0 amide bonds. The van der Waals surface area contributed by atoms with E-state index in [1.165, 1.54) is 18.9 Å². The topological polar surface area (TPSA) is 71.3 Å². The smallest absolute Gasteiger partial charge is 0.273 e. The molecule has 0 aromatic carbocycles. The molecule has 0 radical (unpaired) electrons. The maximum Gasteiger partial charge on any atom is 0.273 e. The Morgan fingerprint density at radius 3 is 2.60 bits per heavy atom. The Labute approximate surface area is 121 Å². The summed E-state index contributed by atoms with van der Waals surface area (Å²) in [6.45, 7) is 7.15.